The van der Waals surface area contributed by atoms with Gasteiger partial charge in [0.2, 0.25) is 0 Å². The fourth-order valence-electron chi connectivity index (χ4n) is 0.658. The van der Waals surface area contributed by atoms with Crippen LogP contribution in [0.4, 0.5) is 0 Å². The highest BCUT2D eigenvalue weighted by Crippen LogP contribution is 2.26. The van der Waals surface area contributed by atoms with E-state index in [1.165, 1.54) is 0 Å². The van der Waals surface area contributed by atoms with Crippen LogP contribution >= 0.6 is 22.6 Å². The van der Waals surface area contributed by atoms with Crippen LogP contribution in [-0.4, -0.2) is 20.9 Å². The lowest BCUT2D eigenvalue weighted by molar-refractivity contribution is 0.173. The van der Waals surface area contributed by atoms with Crippen LogP contribution in [0.2, 0.25) is 0 Å². The van der Waals surface area contributed by atoms with Crippen LogP contribution in [0.1, 0.15) is 6.42 Å². The molecule has 9 heavy (non-hydrogen) atoms. The summed E-state index contributed by atoms with van der Waals surface area (Å²) >= 11 is 2.05. The lowest BCUT2D eigenvalue weighted by Crippen LogP contribution is -1.96. The first-order valence-corrected chi connectivity index (χ1v) is 3.81. The molecule has 0 spiro atoms. The minimum Gasteiger partial charge on any atom is -0.509 e. The third-order valence-corrected chi connectivity index (χ3v) is 1.78. The third kappa shape index (κ3) is 1.48. The van der Waals surface area contributed by atoms with Crippen LogP contribution in [0.5, 0.6) is 0 Å². The van der Waals surface area contributed by atoms with Gasteiger partial charge in [-0.2, -0.15) is 0 Å². The molecule has 1 heterocycles. The van der Waals surface area contributed by atoms with Crippen LogP contribution in [0.25, 0.3) is 0 Å². The predicted molar refractivity (Wildman–Crippen MR) is 40.3 cm³/mol. The summed E-state index contributed by atoms with van der Waals surface area (Å²) < 4.78 is 4.98. The number of hydrogen-bond acceptors (Lipinski definition) is 3. The number of alkyl halides is 1. The van der Waals surface area contributed by atoms with Crippen molar-refractivity contribution in [2.75, 3.05) is 6.61 Å². The van der Waals surface area contributed by atoms with Crippen molar-refractivity contribution < 1.29 is 14.9 Å². The fraction of sp³-hybridized carbons (Fsp3) is 0.600. The molecule has 0 aromatic heterocycles. The molecule has 4 heteroatoms. The summed E-state index contributed by atoms with van der Waals surface area (Å²) in [7, 11) is 0. The first-order chi connectivity index (χ1) is 4.24. The normalized spacial score (nSPS) is 26.7. The van der Waals surface area contributed by atoms with E-state index in [0.717, 1.165) is 0 Å². The van der Waals surface area contributed by atoms with Crippen LogP contribution in [-0.2, 0) is 4.74 Å². The molecule has 0 saturated carbocycles. The molecule has 1 aliphatic heterocycles. The monoisotopic (exact) mass is 242 g/mol. The first-order valence-electron chi connectivity index (χ1n) is 2.56. The van der Waals surface area contributed by atoms with E-state index < -0.39 is 0 Å². The average Bonchev–Trinajstić information content (AvgIpc) is 2.10. The molecule has 0 aromatic carbocycles. The lowest BCUT2D eigenvalue weighted by Gasteiger charge is -2.01. The van der Waals surface area contributed by atoms with Crippen molar-refractivity contribution in [1.29, 1.82) is 0 Å². The topological polar surface area (TPSA) is 49.7 Å². The van der Waals surface area contributed by atoms with E-state index in [0.29, 0.717) is 12.2 Å². The predicted octanol–water partition coefficient (Wildman–Crippen LogP) is 0.930. The molecule has 0 fully saturated rings. The van der Waals surface area contributed by atoms with Gasteiger partial charge in [-0.25, -0.2) is 0 Å². The second kappa shape index (κ2) is 2.74. The standard InChI is InChI=1S/C5H7IO3/c6-5-1-3(8)4(2-7)9-5/h5,7-8H,1-2H2/t5-/m1/s1. The molecule has 1 atom stereocenters. The molecule has 52 valence electrons. The van der Waals surface area contributed by atoms with Gasteiger partial charge in [-0.05, 0) is 22.6 Å². The van der Waals surface area contributed by atoms with Crippen LogP contribution in [0, 0.1) is 0 Å². The van der Waals surface area contributed by atoms with Gasteiger partial charge in [-0.15, -0.1) is 0 Å². The second-order valence-electron chi connectivity index (χ2n) is 1.76. The maximum Gasteiger partial charge on any atom is 0.160 e. The smallest absolute Gasteiger partial charge is 0.160 e. The van der Waals surface area contributed by atoms with Gasteiger partial charge in [-0.1, -0.05) is 0 Å². The van der Waals surface area contributed by atoms with Crippen molar-refractivity contribution in [3.8, 4) is 0 Å². The first kappa shape index (κ1) is 7.14. The zero-order chi connectivity index (χ0) is 6.85. The zero-order valence-corrected chi connectivity index (χ0v) is 6.83. The molecule has 0 aromatic rings. The summed E-state index contributed by atoms with van der Waals surface area (Å²) in [6, 6.07) is 0. The molecule has 0 bridgehead atoms. The summed E-state index contributed by atoms with van der Waals surface area (Å²) in [5.74, 6) is 0.492. The number of rotatable bonds is 1. The van der Waals surface area contributed by atoms with Crippen molar-refractivity contribution in [3.63, 3.8) is 0 Å². The van der Waals surface area contributed by atoms with Gasteiger partial charge in [0, 0.05) is 0 Å². The fourth-order valence-corrected chi connectivity index (χ4v) is 1.38. The largest absolute Gasteiger partial charge is 0.509 e. The number of aliphatic hydroxyl groups excluding tert-OH is 2. The third-order valence-electron chi connectivity index (χ3n) is 1.09. The lowest BCUT2D eigenvalue weighted by atomic mass is 10.4. The SMILES string of the molecule is OCC1=C(O)C[C@H](I)O1. The molecule has 0 amide bonds. The highest BCUT2D eigenvalue weighted by atomic mass is 127. The van der Waals surface area contributed by atoms with Crippen molar-refractivity contribution >= 4 is 22.6 Å². The summed E-state index contributed by atoms with van der Waals surface area (Å²) in [6.07, 6.45) is 0.510. The van der Waals surface area contributed by atoms with E-state index in [1.807, 2.05) is 0 Å². The minimum atomic E-state index is -0.203. The molecular weight excluding hydrogens is 235 g/mol. The Balaban J connectivity index is 2.58. The molecule has 2 N–H and O–H groups in total. The maximum atomic E-state index is 8.95. The number of halogens is 1. The molecule has 0 aliphatic carbocycles. The second-order valence-corrected chi connectivity index (χ2v) is 3.15. The van der Waals surface area contributed by atoms with Crippen LogP contribution in [0.3, 0.4) is 0 Å². The van der Waals surface area contributed by atoms with E-state index in [4.69, 9.17) is 14.9 Å². The van der Waals surface area contributed by atoms with Gasteiger partial charge in [0.05, 0.1) is 6.42 Å². The summed E-state index contributed by atoms with van der Waals surface area (Å²) in [4.78, 5) is 0. The van der Waals surface area contributed by atoms with Gasteiger partial charge >= 0.3 is 0 Å². The molecule has 3 nitrogen and oxygen atoms in total. The molecule has 0 unspecified atom stereocenters. The highest BCUT2D eigenvalue weighted by molar-refractivity contribution is 14.1. The van der Waals surface area contributed by atoms with Gasteiger partial charge < -0.3 is 14.9 Å². The molecule has 0 saturated heterocycles. The van der Waals surface area contributed by atoms with Crippen molar-refractivity contribution in [3.05, 3.63) is 11.5 Å². The van der Waals surface area contributed by atoms with E-state index in [-0.39, 0.29) is 16.5 Å². The van der Waals surface area contributed by atoms with Gasteiger partial charge in [0.25, 0.3) is 0 Å². The van der Waals surface area contributed by atoms with Gasteiger partial charge in [0.1, 0.15) is 12.4 Å². The molecular formula is C5H7IO3. The summed E-state index contributed by atoms with van der Waals surface area (Å²) in [5, 5.41) is 17.5. The van der Waals surface area contributed by atoms with Crippen molar-refractivity contribution in [2.24, 2.45) is 0 Å². The van der Waals surface area contributed by atoms with E-state index in [1.54, 1.807) is 0 Å². The van der Waals surface area contributed by atoms with Crippen molar-refractivity contribution in [2.45, 2.75) is 10.5 Å². The minimum absolute atomic E-state index is 0.00949. The Kier molecular flexibility index (Phi) is 2.18. The van der Waals surface area contributed by atoms with E-state index in [2.05, 4.69) is 22.6 Å². The Morgan fingerprint density at radius 1 is 1.78 bits per heavy atom. The highest BCUT2D eigenvalue weighted by Gasteiger charge is 2.21. The molecule has 1 rings (SSSR count). The Labute approximate surface area is 66.5 Å². The van der Waals surface area contributed by atoms with E-state index >= 15 is 0 Å². The molecule has 1 aliphatic rings. The number of hydrogen-bond donors (Lipinski definition) is 2. The number of ether oxygens (including phenoxy) is 1. The Morgan fingerprint density at radius 2 is 2.44 bits per heavy atom. The Hall–Kier alpha value is 0.0300. The maximum absolute atomic E-state index is 8.95. The van der Waals surface area contributed by atoms with E-state index in [9.17, 15) is 0 Å². The number of aliphatic hydroxyl groups is 2. The molecule has 0 radical (unpaired) electrons. The summed E-state index contributed by atoms with van der Waals surface area (Å²) in [6.45, 7) is -0.203. The quantitative estimate of drug-likeness (QED) is 0.531. The van der Waals surface area contributed by atoms with Gasteiger partial charge in [-0.3, -0.25) is 0 Å². The van der Waals surface area contributed by atoms with Gasteiger partial charge in [0.15, 0.2) is 9.87 Å². The zero-order valence-electron chi connectivity index (χ0n) is 4.67. The van der Waals surface area contributed by atoms with Crippen LogP contribution < -0.4 is 0 Å². The van der Waals surface area contributed by atoms with Crippen LogP contribution in [0.15, 0.2) is 11.5 Å². The average molecular weight is 242 g/mol. The Bertz CT molecular complexity index is 143. The summed E-state index contributed by atoms with van der Waals surface area (Å²) in [5.41, 5.74) is 0. The van der Waals surface area contributed by atoms with Crippen molar-refractivity contribution in [1.82, 2.24) is 0 Å². The Morgan fingerprint density at radius 3 is 2.67 bits per heavy atom.